The Hall–Kier alpha value is -0.960. The molecule has 3 heteroatoms. The molecule has 3 unspecified atom stereocenters. The number of rotatable bonds is 5. The van der Waals surface area contributed by atoms with Crippen LogP contribution in [-0.2, 0) is 11.2 Å². The van der Waals surface area contributed by atoms with E-state index >= 15 is 0 Å². The summed E-state index contributed by atoms with van der Waals surface area (Å²) in [7, 11) is 0. The van der Waals surface area contributed by atoms with Crippen LogP contribution >= 0.6 is 12.6 Å². The van der Waals surface area contributed by atoms with Crippen molar-refractivity contribution in [3.8, 4) is 0 Å². The van der Waals surface area contributed by atoms with Crippen molar-refractivity contribution in [1.29, 1.82) is 0 Å². The molecule has 20 heavy (non-hydrogen) atoms. The highest BCUT2D eigenvalue weighted by molar-refractivity contribution is 7.81. The van der Waals surface area contributed by atoms with Gasteiger partial charge in [0.1, 0.15) is 0 Å². The van der Waals surface area contributed by atoms with Crippen molar-refractivity contribution in [2.24, 2.45) is 5.92 Å². The topological polar surface area (TPSA) is 29.1 Å². The maximum atomic E-state index is 12.3. The minimum absolute atomic E-state index is 0.0857. The van der Waals surface area contributed by atoms with E-state index in [9.17, 15) is 4.79 Å². The normalized spacial score (nSPS) is 24.1. The number of hydrogen-bond acceptors (Lipinski definition) is 2. The van der Waals surface area contributed by atoms with Gasteiger partial charge in [-0.05, 0) is 30.7 Å². The lowest BCUT2D eigenvalue weighted by Crippen LogP contribution is -2.45. The Kier molecular flexibility index (Phi) is 5.96. The Balaban J connectivity index is 1.87. The maximum Gasteiger partial charge on any atom is 0.233 e. The number of nitrogens with one attached hydrogen (secondary N) is 1. The molecule has 1 saturated carbocycles. The lowest BCUT2D eigenvalue weighted by atomic mass is 9.83. The number of hydrogen-bond donors (Lipinski definition) is 2. The van der Waals surface area contributed by atoms with Crippen LogP contribution in [0.5, 0.6) is 0 Å². The van der Waals surface area contributed by atoms with Crippen molar-refractivity contribution in [2.75, 3.05) is 0 Å². The second kappa shape index (κ2) is 7.72. The first-order valence-electron chi connectivity index (χ1n) is 7.73. The molecule has 1 aliphatic rings. The maximum absolute atomic E-state index is 12.3. The quantitative estimate of drug-likeness (QED) is 0.797. The molecule has 1 N–H and O–H groups in total. The summed E-state index contributed by atoms with van der Waals surface area (Å²) in [5, 5.41) is 2.97. The molecule has 1 fully saturated rings. The molecule has 2 rings (SSSR count). The fraction of sp³-hybridized carbons (Fsp3) is 0.588. The van der Waals surface area contributed by atoms with Gasteiger partial charge in [0, 0.05) is 6.04 Å². The third kappa shape index (κ3) is 4.27. The van der Waals surface area contributed by atoms with Gasteiger partial charge in [0.25, 0.3) is 0 Å². The Morgan fingerprint density at radius 1 is 1.30 bits per heavy atom. The summed E-state index contributed by atoms with van der Waals surface area (Å²) in [6.45, 7) is 2.22. The van der Waals surface area contributed by atoms with Crippen LogP contribution in [-0.4, -0.2) is 17.2 Å². The third-order valence-electron chi connectivity index (χ3n) is 4.34. The smallest absolute Gasteiger partial charge is 0.233 e. The van der Waals surface area contributed by atoms with Crippen LogP contribution in [0.25, 0.3) is 0 Å². The fourth-order valence-corrected chi connectivity index (χ4v) is 3.38. The first-order valence-corrected chi connectivity index (χ1v) is 8.24. The lowest BCUT2D eigenvalue weighted by Gasteiger charge is -2.32. The van der Waals surface area contributed by atoms with Crippen molar-refractivity contribution in [2.45, 2.75) is 56.7 Å². The van der Waals surface area contributed by atoms with Gasteiger partial charge in [0.05, 0.1) is 5.25 Å². The Morgan fingerprint density at radius 3 is 2.70 bits per heavy atom. The van der Waals surface area contributed by atoms with E-state index in [0.717, 1.165) is 12.8 Å². The molecule has 0 heterocycles. The molecule has 0 spiro atoms. The Labute approximate surface area is 127 Å². The number of thiol groups is 1. The van der Waals surface area contributed by atoms with Crippen LogP contribution in [0.1, 0.15) is 44.6 Å². The van der Waals surface area contributed by atoms with Crippen LogP contribution in [0.2, 0.25) is 0 Å². The summed E-state index contributed by atoms with van der Waals surface area (Å²) in [6, 6.07) is 10.4. The largest absolute Gasteiger partial charge is 0.352 e. The molecule has 0 saturated heterocycles. The van der Waals surface area contributed by atoms with E-state index in [2.05, 4.69) is 24.9 Å². The highest BCUT2D eigenvalue weighted by atomic mass is 32.1. The van der Waals surface area contributed by atoms with E-state index in [1.807, 2.05) is 30.3 Å². The van der Waals surface area contributed by atoms with Gasteiger partial charge in [0.15, 0.2) is 0 Å². The summed E-state index contributed by atoms with van der Waals surface area (Å²) in [5.74, 6) is 0.729. The molecule has 2 nitrogen and oxygen atoms in total. The molecule has 1 amide bonds. The zero-order valence-electron chi connectivity index (χ0n) is 12.2. The SMILES string of the molecule is CCC1CCCCC1NC(=O)C(S)Cc1ccccc1. The predicted molar refractivity (Wildman–Crippen MR) is 87.1 cm³/mol. The average Bonchev–Trinajstić information content (AvgIpc) is 2.48. The van der Waals surface area contributed by atoms with Crippen LogP contribution in [0.3, 0.4) is 0 Å². The molecule has 0 radical (unpaired) electrons. The summed E-state index contributed by atoms with van der Waals surface area (Å²) in [6.07, 6.45) is 6.75. The van der Waals surface area contributed by atoms with Crippen LogP contribution in [0.4, 0.5) is 0 Å². The van der Waals surface area contributed by atoms with E-state index in [4.69, 9.17) is 0 Å². The van der Waals surface area contributed by atoms with Crippen molar-refractivity contribution in [3.05, 3.63) is 35.9 Å². The fourth-order valence-electron chi connectivity index (χ4n) is 3.10. The second-order valence-corrected chi connectivity index (χ2v) is 6.40. The molecule has 0 bridgehead atoms. The molecule has 3 atom stereocenters. The molecule has 1 aromatic rings. The van der Waals surface area contributed by atoms with E-state index in [1.165, 1.54) is 24.8 Å². The van der Waals surface area contributed by atoms with Gasteiger partial charge in [-0.25, -0.2) is 0 Å². The Bertz CT molecular complexity index is 420. The number of benzene rings is 1. The van der Waals surface area contributed by atoms with Crippen molar-refractivity contribution in [3.63, 3.8) is 0 Å². The number of amides is 1. The minimum atomic E-state index is -0.253. The first kappa shape index (κ1) is 15.4. The van der Waals surface area contributed by atoms with Gasteiger partial charge in [-0.15, -0.1) is 0 Å². The first-order chi connectivity index (χ1) is 9.70. The Morgan fingerprint density at radius 2 is 2.00 bits per heavy atom. The molecular formula is C17H25NOS. The number of carbonyl (C=O) groups is 1. The van der Waals surface area contributed by atoms with Gasteiger partial charge < -0.3 is 5.32 Å². The standard InChI is InChI=1S/C17H25NOS/c1-2-14-10-6-7-11-15(14)18-17(19)16(20)12-13-8-4-3-5-9-13/h3-5,8-9,14-16,20H,2,6-7,10-12H2,1H3,(H,18,19). The summed E-state index contributed by atoms with van der Waals surface area (Å²) >= 11 is 4.48. The molecule has 1 aliphatic carbocycles. The van der Waals surface area contributed by atoms with Gasteiger partial charge in [-0.1, -0.05) is 56.5 Å². The van der Waals surface area contributed by atoms with E-state index in [-0.39, 0.29) is 11.2 Å². The summed E-state index contributed by atoms with van der Waals surface area (Å²) in [4.78, 5) is 12.3. The van der Waals surface area contributed by atoms with Gasteiger partial charge in [0.2, 0.25) is 5.91 Å². The lowest BCUT2D eigenvalue weighted by molar-refractivity contribution is -0.121. The molecule has 0 aromatic heterocycles. The van der Waals surface area contributed by atoms with Crippen LogP contribution < -0.4 is 5.32 Å². The van der Waals surface area contributed by atoms with Gasteiger partial charge in [-0.3, -0.25) is 4.79 Å². The highest BCUT2D eigenvalue weighted by Crippen LogP contribution is 2.27. The molecular weight excluding hydrogens is 266 g/mol. The second-order valence-electron chi connectivity index (χ2n) is 5.77. The zero-order valence-corrected chi connectivity index (χ0v) is 13.1. The van der Waals surface area contributed by atoms with Crippen LogP contribution in [0.15, 0.2) is 30.3 Å². The van der Waals surface area contributed by atoms with Gasteiger partial charge >= 0.3 is 0 Å². The third-order valence-corrected chi connectivity index (χ3v) is 4.75. The monoisotopic (exact) mass is 291 g/mol. The predicted octanol–water partition coefficient (Wildman–Crippen LogP) is 3.61. The van der Waals surface area contributed by atoms with Crippen molar-refractivity contribution >= 4 is 18.5 Å². The molecule has 110 valence electrons. The number of carbonyl (C=O) groups excluding carboxylic acids is 1. The summed E-state index contributed by atoms with van der Waals surface area (Å²) < 4.78 is 0. The van der Waals surface area contributed by atoms with E-state index in [0.29, 0.717) is 18.4 Å². The molecule has 0 aliphatic heterocycles. The van der Waals surface area contributed by atoms with Crippen molar-refractivity contribution in [1.82, 2.24) is 5.32 Å². The highest BCUT2D eigenvalue weighted by Gasteiger charge is 2.26. The molecule has 1 aromatic carbocycles. The van der Waals surface area contributed by atoms with Crippen molar-refractivity contribution < 1.29 is 4.79 Å². The summed E-state index contributed by atoms with van der Waals surface area (Å²) in [5.41, 5.74) is 1.17. The minimum Gasteiger partial charge on any atom is -0.352 e. The van der Waals surface area contributed by atoms with E-state index < -0.39 is 0 Å². The zero-order chi connectivity index (χ0) is 14.4. The van der Waals surface area contributed by atoms with Crippen LogP contribution in [0, 0.1) is 5.92 Å². The average molecular weight is 291 g/mol. The van der Waals surface area contributed by atoms with Gasteiger partial charge in [-0.2, -0.15) is 12.6 Å². The van der Waals surface area contributed by atoms with E-state index in [1.54, 1.807) is 0 Å².